The molecular formula is C9H8BrFOS. The average Bonchev–Trinajstić information content (AvgIpc) is 2.10. The molecule has 0 aromatic heterocycles. The summed E-state index contributed by atoms with van der Waals surface area (Å²) in [5.41, 5.74) is 0.350. The largest absolute Gasteiger partial charge is 0.294 e. The topological polar surface area (TPSA) is 17.1 Å². The second-order valence-corrected chi connectivity index (χ2v) is 3.74. The Hall–Kier alpha value is -0.350. The SMILES string of the molecule is O=C(CCBr)c1cccc(F)c1S. The van der Waals surface area contributed by atoms with Crippen molar-refractivity contribution in [1.82, 2.24) is 0 Å². The smallest absolute Gasteiger partial charge is 0.164 e. The number of alkyl halides is 1. The van der Waals surface area contributed by atoms with Crippen LogP contribution >= 0.6 is 28.6 Å². The molecule has 0 heterocycles. The van der Waals surface area contributed by atoms with Gasteiger partial charge >= 0.3 is 0 Å². The summed E-state index contributed by atoms with van der Waals surface area (Å²) in [6, 6.07) is 4.38. The third kappa shape index (κ3) is 2.54. The Balaban J connectivity index is 3.01. The summed E-state index contributed by atoms with van der Waals surface area (Å²) in [5.74, 6) is -0.551. The van der Waals surface area contributed by atoms with Gasteiger partial charge in [0.1, 0.15) is 5.82 Å². The molecule has 0 fully saturated rings. The summed E-state index contributed by atoms with van der Waals surface area (Å²) in [4.78, 5) is 11.5. The fourth-order valence-electron chi connectivity index (χ4n) is 0.961. The molecule has 0 aliphatic carbocycles. The summed E-state index contributed by atoms with van der Waals surface area (Å²) < 4.78 is 12.9. The Kier molecular flexibility index (Phi) is 3.93. The fraction of sp³-hybridized carbons (Fsp3) is 0.222. The van der Waals surface area contributed by atoms with E-state index >= 15 is 0 Å². The van der Waals surface area contributed by atoms with Gasteiger partial charge in [0.15, 0.2) is 5.78 Å². The number of hydrogen-bond donors (Lipinski definition) is 1. The first-order valence-electron chi connectivity index (χ1n) is 3.73. The minimum Gasteiger partial charge on any atom is -0.294 e. The molecule has 0 amide bonds. The molecule has 1 aromatic rings. The van der Waals surface area contributed by atoms with Gasteiger partial charge in [-0.2, -0.15) is 0 Å². The minimum atomic E-state index is -0.455. The number of ketones is 1. The highest BCUT2D eigenvalue weighted by Crippen LogP contribution is 2.19. The molecule has 0 atom stereocenters. The fourth-order valence-corrected chi connectivity index (χ4v) is 1.59. The van der Waals surface area contributed by atoms with Crippen LogP contribution in [0.25, 0.3) is 0 Å². The van der Waals surface area contributed by atoms with Crippen LogP contribution in [0.15, 0.2) is 23.1 Å². The van der Waals surface area contributed by atoms with E-state index in [0.717, 1.165) is 0 Å². The first kappa shape index (κ1) is 10.7. The number of rotatable bonds is 3. The summed E-state index contributed by atoms with van der Waals surface area (Å²) >= 11 is 7.08. The van der Waals surface area contributed by atoms with E-state index in [9.17, 15) is 9.18 Å². The van der Waals surface area contributed by atoms with E-state index < -0.39 is 5.82 Å². The second kappa shape index (κ2) is 4.77. The number of thiol groups is 1. The van der Waals surface area contributed by atoms with Gasteiger partial charge in [0, 0.05) is 17.3 Å². The first-order chi connectivity index (χ1) is 6.16. The molecule has 0 aliphatic heterocycles. The quantitative estimate of drug-likeness (QED) is 0.504. The maximum Gasteiger partial charge on any atom is 0.164 e. The van der Waals surface area contributed by atoms with Gasteiger partial charge in [-0.15, -0.1) is 12.6 Å². The van der Waals surface area contributed by atoms with Crippen LogP contribution in [0.4, 0.5) is 4.39 Å². The number of halogens is 2. The monoisotopic (exact) mass is 262 g/mol. The standard InChI is InChI=1S/C9H8BrFOS/c10-5-4-8(12)6-2-1-3-7(11)9(6)13/h1-3,13H,4-5H2. The van der Waals surface area contributed by atoms with Crippen molar-refractivity contribution in [2.75, 3.05) is 5.33 Å². The van der Waals surface area contributed by atoms with Crippen LogP contribution < -0.4 is 0 Å². The molecule has 4 heteroatoms. The molecule has 0 N–H and O–H groups in total. The molecule has 1 aromatic carbocycles. The molecular weight excluding hydrogens is 255 g/mol. The van der Waals surface area contributed by atoms with Crippen LogP contribution in [0.2, 0.25) is 0 Å². The van der Waals surface area contributed by atoms with Crippen LogP contribution in [0.3, 0.4) is 0 Å². The van der Waals surface area contributed by atoms with E-state index in [0.29, 0.717) is 17.3 Å². The highest BCUT2D eigenvalue weighted by atomic mass is 79.9. The van der Waals surface area contributed by atoms with Gasteiger partial charge in [-0.25, -0.2) is 4.39 Å². The predicted octanol–water partition coefficient (Wildman–Crippen LogP) is 3.08. The number of Topliss-reactive ketones (excluding diaryl/α,β-unsaturated/α-hetero) is 1. The Morgan fingerprint density at radius 2 is 2.23 bits per heavy atom. The van der Waals surface area contributed by atoms with Crippen molar-refractivity contribution in [2.45, 2.75) is 11.3 Å². The van der Waals surface area contributed by atoms with Crippen molar-refractivity contribution in [3.8, 4) is 0 Å². The Morgan fingerprint density at radius 3 is 2.85 bits per heavy atom. The van der Waals surface area contributed by atoms with E-state index in [1.54, 1.807) is 6.07 Å². The highest BCUT2D eigenvalue weighted by molar-refractivity contribution is 9.09. The predicted molar refractivity (Wildman–Crippen MR) is 56.4 cm³/mol. The molecule has 0 bridgehead atoms. The van der Waals surface area contributed by atoms with Gasteiger partial charge in [0.05, 0.1) is 4.90 Å². The maximum atomic E-state index is 12.9. The second-order valence-electron chi connectivity index (χ2n) is 2.50. The average molecular weight is 263 g/mol. The molecule has 13 heavy (non-hydrogen) atoms. The van der Waals surface area contributed by atoms with Crippen molar-refractivity contribution < 1.29 is 9.18 Å². The first-order valence-corrected chi connectivity index (χ1v) is 5.30. The molecule has 1 nitrogen and oxygen atoms in total. The van der Waals surface area contributed by atoms with E-state index in [2.05, 4.69) is 28.6 Å². The van der Waals surface area contributed by atoms with Gasteiger partial charge in [0.2, 0.25) is 0 Å². The molecule has 0 radical (unpaired) electrons. The number of carbonyl (C=O) groups is 1. The van der Waals surface area contributed by atoms with Gasteiger partial charge in [-0.1, -0.05) is 28.1 Å². The van der Waals surface area contributed by atoms with Crippen LogP contribution in [0, 0.1) is 5.82 Å². The van der Waals surface area contributed by atoms with E-state index in [4.69, 9.17) is 0 Å². The third-order valence-electron chi connectivity index (χ3n) is 1.61. The number of benzene rings is 1. The molecule has 0 saturated heterocycles. The molecule has 0 unspecified atom stereocenters. The van der Waals surface area contributed by atoms with Crippen LogP contribution in [-0.4, -0.2) is 11.1 Å². The van der Waals surface area contributed by atoms with Crippen LogP contribution in [-0.2, 0) is 0 Å². The van der Waals surface area contributed by atoms with Crippen molar-refractivity contribution in [1.29, 1.82) is 0 Å². The van der Waals surface area contributed by atoms with Crippen LogP contribution in [0.5, 0.6) is 0 Å². The summed E-state index contributed by atoms with van der Waals surface area (Å²) in [7, 11) is 0. The molecule has 1 rings (SSSR count). The lowest BCUT2D eigenvalue weighted by molar-refractivity contribution is 0.0986. The molecule has 0 saturated carbocycles. The lowest BCUT2D eigenvalue weighted by Gasteiger charge is -2.02. The third-order valence-corrected chi connectivity index (χ3v) is 2.46. The zero-order valence-electron chi connectivity index (χ0n) is 6.76. The van der Waals surface area contributed by atoms with Gasteiger partial charge in [-0.3, -0.25) is 4.79 Å². The Bertz CT molecular complexity index is 327. The van der Waals surface area contributed by atoms with Crippen LogP contribution in [0.1, 0.15) is 16.8 Å². The summed E-state index contributed by atoms with van der Waals surface area (Å²) in [5, 5.41) is 0.579. The maximum absolute atomic E-state index is 12.9. The van der Waals surface area contributed by atoms with E-state index in [-0.39, 0.29) is 10.7 Å². The number of carbonyl (C=O) groups excluding carboxylic acids is 1. The van der Waals surface area contributed by atoms with E-state index in [1.807, 2.05) is 0 Å². The van der Waals surface area contributed by atoms with Gasteiger partial charge < -0.3 is 0 Å². The van der Waals surface area contributed by atoms with Crippen molar-refractivity contribution in [2.24, 2.45) is 0 Å². The summed E-state index contributed by atoms with van der Waals surface area (Å²) in [6.07, 6.45) is 0.358. The van der Waals surface area contributed by atoms with Crippen molar-refractivity contribution in [3.63, 3.8) is 0 Å². The summed E-state index contributed by atoms with van der Waals surface area (Å²) in [6.45, 7) is 0. The number of hydrogen-bond acceptors (Lipinski definition) is 2. The zero-order valence-corrected chi connectivity index (χ0v) is 9.24. The Labute approximate surface area is 89.9 Å². The van der Waals surface area contributed by atoms with Crippen molar-refractivity contribution >= 4 is 34.3 Å². The molecule has 0 aliphatic rings. The minimum absolute atomic E-state index is 0.0959. The molecule has 70 valence electrons. The normalized spacial score (nSPS) is 10.1. The molecule has 0 spiro atoms. The zero-order chi connectivity index (χ0) is 9.84. The van der Waals surface area contributed by atoms with E-state index in [1.165, 1.54) is 12.1 Å². The van der Waals surface area contributed by atoms with Gasteiger partial charge in [-0.05, 0) is 6.07 Å². The Morgan fingerprint density at radius 1 is 1.54 bits per heavy atom. The lowest BCUT2D eigenvalue weighted by atomic mass is 10.1. The highest BCUT2D eigenvalue weighted by Gasteiger charge is 2.11. The van der Waals surface area contributed by atoms with Gasteiger partial charge in [0.25, 0.3) is 0 Å². The van der Waals surface area contributed by atoms with Crippen molar-refractivity contribution in [3.05, 3.63) is 29.6 Å². The lowest BCUT2D eigenvalue weighted by Crippen LogP contribution is -2.01.